The fourth-order valence-corrected chi connectivity index (χ4v) is 5.36. The number of nitrogens with two attached hydrogens (primary N) is 2. The Kier molecular flexibility index (Phi) is 8.59. The monoisotopic (exact) mass is 606 g/mol. The molecule has 2 aromatic heterocycles. The van der Waals surface area contributed by atoms with Crippen molar-refractivity contribution in [3.8, 4) is 11.1 Å². The summed E-state index contributed by atoms with van der Waals surface area (Å²) in [5.41, 5.74) is 17.4. The topological polar surface area (TPSA) is 155 Å². The summed E-state index contributed by atoms with van der Waals surface area (Å²) in [6, 6.07) is 11.4. The number of nitrogens with zero attached hydrogens (tertiary/aromatic N) is 3. The molecule has 0 spiro atoms. The second-order valence-corrected chi connectivity index (χ2v) is 12.1. The van der Waals surface area contributed by atoms with Gasteiger partial charge < -0.3 is 32.5 Å². The maximum Gasteiger partial charge on any atom is 0.319 e. The minimum atomic E-state index is -1.01. The molecule has 0 saturated heterocycles. The van der Waals surface area contributed by atoms with Crippen molar-refractivity contribution in [1.29, 1.82) is 0 Å². The first-order valence-electron chi connectivity index (χ1n) is 14.1. The van der Waals surface area contributed by atoms with Crippen LogP contribution in [0.4, 0.5) is 26.2 Å². The van der Waals surface area contributed by atoms with Gasteiger partial charge in [0, 0.05) is 42.1 Å². The third-order valence-electron chi connectivity index (χ3n) is 7.36. The largest absolute Gasteiger partial charge is 0.389 e. The predicted molar refractivity (Wildman–Crippen MR) is 170 cm³/mol. The molecular formula is C31H36ClFN8O2. The molecule has 1 aliphatic rings. The van der Waals surface area contributed by atoms with E-state index in [2.05, 4.69) is 26.0 Å². The molecule has 5 rings (SSSR count). The van der Waals surface area contributed by atoms with Gasteiger partial charge in [-0.05, 0) is 81.5 Å². The average Bonchev–Trinajstić information content (AvgIpc) is 3.55. The molecule has 12 heteroatoms. The number of fused-ring (bicyclic) bond motifs is 1. The lowest BCUT2D eigenvalue weighted by molar-refractivity contribution is 0.0826. The minimum absolute atomic E-state index is 0.116. The highest BCUT2D eigenvalue weighted by molar-refractivity contribution is 6.33. The van der Waals surface area contributed by atoms with Gasteiger partial charge in [0.25, 0.3) is 0 Å². The lowest BCUT2D eigenvalue weighted by atomic mass is 10.0. The molecule has 0 radical (unpaired) electrons. The fourth-order valence-electron chi connectivity index (χ4n) is 5.20. The van der Waals surface area contributed by atoms with Crippen LogP contribution in [-0.4, -0.2) is 50.8 Å². The Morgan fingerprint density at radius 2 is 2.02 bits per heavy atom. The molecule has 1 aliphatic carbocycles. The van der Waals surface area contributed by atoms with Crippen LogP contribution in [0.15, 0.2) is 59.9 Å². The zero-order chi connectivity index (χ0) is 30.9. The highest BCUT2D eigenvalue weighted by atomic mass is 35.5. The number of urea groups is 1. The number of nitrogens with one attached hydrogen (secondary N) is 3. The smallest absolute Gasteiger partial charge is 0.319 e. The summed E-state index contributed by atoms with van der Waals surface area (Å²) in [4.78, 5) is 16.7. The molecule has 2 atom stereocenters. The molecule has 1 saturated carbocycles. The number of aliphatic hydroxyl groups is 1. The van der Waals surface area contributed by atoms with E-state index in [9.17, 15) is 14.3 Å². The number of carbonyl (C=O) groups is 1. The van der Waals surface area contributed by atoms with Crippen molar-refractivity contribution in [3.05, 3.63) is 76.8 Å². The van der Waals surface area contributed by atoms with Gasteiger partial charge in [-0.25, -0.2) is 18.7 Å². The Balaban J connectivity index is 1.49. The summed E-state index contributed by atoms with van der Waals surface area (Å²) in [6.45, 7) is 5.33. The first kappa shape index (κ1) is 30.3. The fraction of sp³-hybridized carbons (Fsp3) is 0.323. The molecule has 4 aromatic rings. The van der Waals surface area contributed by atoms with E-state index in [1.807, 2.05) is 37.4 Å². The summed E-state index contributed by atoms with van der Waals surface area (Å²) in [6.07, 6.45) is 6.19. The molecule has 2 amide bonds. The zero-order valence-corrected chi connectivity index (χ0v) is 25.0. The van der Waals surface area contributed by atoms with Gasteiger partial charge in [0.15, 0.2) is 0 Å². The summed E-state index contributed by atoms with van der Waals surface area (Å²) in [5, 5.41) is 23.8. The predicted octanol–water partition coefficient (Wildman–Crippen LogP) is 5.32. The van der Waals surface area contributed by atoms with Crippen LogP contribution in [0, 0.1) is 12.7 Å². The Hall–Kier alpha value is -4.19. The van der Waals surface area contributed by atoms with Crippen LogP contribution in [0.3, 0.4) is 0 Å². The van der Waals surface area contributed by atoms with Gasteiger partial charge in [0.2, 0.25) is 0 Å². The summed E-state index contributed by atoms with van der Waals surface area (Å²) in [5.74, 6) is -0.324. The lowest BCUT2D eigenvalue weighted by Gasteiger charge is -2.18. The molecule has 43 heavy (non-hydrogen) atoms. The number of carbonyl (C=O) groups excluding carboxylic acids is 1. The number of aryl methyl sites for hydroxylation is 1. The van der Waals surface area contributed by atoms with Crippen LogP contribution >= 0.6 is 11.6 Å². The van der Waals surface area contributed by atoms with Gasteiger partial charge in [-0.1, -0.05) is 17.7 Å². The van der Waals surface area contributed by atoms with Crippen LogP contribution in [0.25, 0.3) is 16.6 Å². The van der Waals surface area contributed by atoms with E-state index in [-0.39, 0.29) is 35.2 Å². The number of amides is 2. The summed E-state index contributed by atoms with van der Waals surface area (Å²) >= 11 is 6.26. The molecular weight excluding hydrogens is 571 g/mol. The normalized spacial score (nSPS) is 17.3. The van der Waals surface area contributed by atoms with E-state index < -0.39 is 17.4 Å². The van der Waals surface area contributed by atoms with E-state index in [4.69, 9.17) is 23.1 Å². The molecule has 2 heterocycles. The molecule has 226 valence electrons. The molecule has 8 N–H and O–H groups in total. The number of hydrogen-bond acceptors (Lipinski definition) is 6. The Morgan fingerprint density at radius 3 is 2.72 bits per heavy atom. The zero-order valence-electron chi connectivity index (χ0n) is 24.3. The quantitative estimate of drug-likeness (QED) is 0.118. The maximum atomic E-state index is 13.9. The second-order valence-electron chi connectivity index (χ2n) is 11.6. The van der Waals surface area contributed by atoms with E-state index in [1.54, 1.807) is 24.6 Å². The van der Waals surface area contributed by atoms with Gasteiger partial charge in [0.05, 0.1) is 39.3 Å². The van der Waals surface area contributed by atoms with Crippen LogP contribution < -0.4 is 27.4 Å². The van der Waals surface area contributed by atoms with Crippen molar-refractivity contribution in [3.63, 3.8) is 0 Å². The third-order valence-corrected chi connectivity index (χ3v) is 7.68. The van der Waals surface area contributed by atoms with Gasteiger partial charge in [0.1, 0.15) is 11.7 Å². The van der Waals surface area contributed by atoms with Gasteiger partial charge >= 0.3 is 6.03 Å². The Morgan fingerprint density at radius 1 is 1.23 bits per heavy atom. The van der Waals surface area contributed by atoms with Gasteiger partial charge in [-0.15, -0.1) is 0 Å². The molecule has 1 fully saturated rings. The van der Waals surface area contributed by atoms with Crippen molar-refractivity contribution in [2.24, 2.45) is 16.5 Å². The number of aromatic nitrogens is 2. The van der Waals surface area contributed by atoms with Crippen LogP contribution in [0.5, 0.6) is 0 Å². The molecule has 0 unspecified atom stereocenters. The van der Waals surface area contributed by atoms with Crippen molar-refractivity contribution < 1.29 is 14.3 Å². The SMILES string of the molecule is Cc1cc(NC(=O)NCC(C)(C)O)ccc1-c1cc2c(N[C@@H]3CC[C@H](N)C3)c(C(N)=Nc3cc(F)ccc3Cl)cnn2c1. The number of aliphatic imine (C=N–C) groups is 1. The first-order chi connectivity index (χ1) is 20.4. The summed E-state index contributed by atoms with van der Waals surface area (Å²) < 4.78 is 15.7. The van der Waals surface area contributed by atoms with Crippen LogP contribution in [-0.2, 0) is 0 Å². The van der Waals surface area contributed by atoms with Crippen LogP contribution in [0.1, 0.15) is 44.2 Å². The minimum Gasteiger partial charge on any atom is -0.389 e. The third kappa shape index (κ3) is 7.24. The van der Waals surface area contributed by atoms with E-state index >= 15 is 0 Å². The van der Waals surface area contributed by atoms with E-state index in [0.717, 1.165) is 47.2 Å². The van der Waals surface area contributed by atoms with Crippen molar-refractivity contribution in [2.75, 3.05) is 17.2 Å². The number of rotatable bonds is 8. The lowest BCUT2D eigenvalue weighted by Crippen LogP contribution is -2.40. The van der Waals surface area contributed by atoms with Crippen molar-refractivity contribution >= 4 is 46.0 Å². The first-order valence-corrected chi connectivity index (χ1v) is 14.5. The molecule has 10 nitrogen and oxygen atoms in total. The standard InChI is InChI=1S/C31H36ClFN8O2/c1-17-10-21(39-30(42)36-16-31(2,3)43)7-8-23(17)18-11-27-28(38-22-6-5-20(34)13-22)24(14-37-41(27)15-18)29(35)40-26-12-19(33)4-9-25(26)32/h4,7-12,14-15,20,22,38,43H,5-6,13,16,34H2,1-3H3,(H2,35,40)(H2,36,39,42)/t20-,22+/m0/s1. The summed E-state index contributed by atoms with van der Waals surface area (Å²) in [7, 11) is 0. The second kappa shape index (κ2) is 12.2. The number of amidine groups is 1. The van der Waals surface area contributed by atoms with Gasteiger partial charge in [-0.3, -0.25) is 0 Å². The number of benzene rings is 2. The van der Waals surface area contributed by atoms with Gasteiger partial charge in [-0.2, -0.15) is 5.10 Å². The Bertz CT molecular complexity index is 1700. The molecule has 0 aliphatic heterocycles. The number of anilines is 2. The molecule has 2 aromatic carbocycles. The number of halogens is 2. The Labute approximate surface area is 254 Å². The maximum absolute atomic E-state index is 13.9. The number of hydrogen-bond donors (Lipinski definition) is 6. The van der Waals surface area contributed by atoms with E-state index in [0.29, 0.717) is 11.3 Å². The van der Waals surface area contributed by atoms with Crippen LogP contribution in [0.2, 0.25) is 5.02 Å². The molecule has 0 bridgehead atoms. The highest BCUT2D eigenvalue weighted by Gasteiger charge is 2.25. The average molecular weight is 607 g/mol. The van der Waals surface area contributed by atoms with E-state index in [1.165, 1.54) is 18.2 Å². The highest BCUT2D eigenvalue weighted by Crippen LogP contribution is 2.34. The van der Waals surface area contributed by atoms with Crippen molar-refractivity contribution in [1.82, 2.24) is 14.9 Å². The van der Waals surface area contributed by atoms with Crippen molar-refractivity contribution in [2.45, 2.75) is 57.7 Å².